The van der Waals surface area contributed by atoms with Gasteiger partial charge in [-0.15, -0.1) is 0 Å². The van der Waals surface area contributed by atoms with Crippen molar-refractivity contribution in [2.24, 2.45) is 46.3 Å². The molecule has 0 radical (unpaired) electrons. The van der Waals surface area contributed by atoms with Gasteiger partial charge in [-0.3, -0.25) is 0 Å². The highest BCUT2D eigenvalue weighted by molar-refractivity contribution is 6.62. The van der Waals surface area contributed by atoms with Crippen LogP contribution in [0.3, 0.4) is 0 Å². The molecule has 25 heavy (non-hydrogen) atoms. The van der Waals surface area contributed by atoms with E-state index in [0.29, 0.717) is 10.8 Å². The molecule has 0 aliphatic heterocycles. The van der Waals surface area contributed by atoms with Gasteiger partial charge in [0.15, 0.2) is 6.71 Å². The van der Waals surface area contributed by atoms with Crippen LogP contribution >= 0.6 is 0 Å². The van der Waals surface area contributed by atoms with Crippen molar-refractivity contribution in [1.82, 2.24) is 0 Å². The van der Waals surface area contributed by atoms with Gasteiger partial charge in [0.1, 0.15) is 0 Å². The maximum atomic E-state index is 2.62. The largest absolute Gasteiger partial charge is 0.150 e. The van der Waals surface area contributed by atoms with Crippen LogP contribution in [-0.2, 0) is 0 Å². The van der Waals surface area contributed by atoms with Crippen LogP contribution < -0.4 is 0 Å². The number of fused-ring (bicyclic) bond motifs is 4. The van der Waals surface area contributed by atoms with Gasteiger partial charge in [0.25, 0.3) is 0 Å². The van der Waals surface area contributed by atoms with E-state index in [1.54, 1.807) is 0 Å². The summed E-state index contributed by atoms with van der Waals surface area (Å²) in [5, 5.41) is 0. The minimum absolute atomic E-state index is 0.628. The van der Waals surface area contributed by atoms with E-state index in [9.17, 15) is 0 Å². The van der Waals surface area contributed by atoms with E-state index >= 15 is 0 Å². The standard InChI is InChI=1S/C24H41B/c1-8-9-10-25(21-13-17-11-19(15(21)2)23(17,4)5)22-14-18-12-20(16(22)3)24(18,6)7/h8-9,15-22H,10-14H2,1-7H3/b9-8+/t15-,16-,17+,18+,19-,20-,21-,22-/m0/s1. The first-order valence-electron chi connectivity index (χ1n) is 11.3. The summed E-state index contributed by atoms with van der Waals surface area (Å²) in [5.74, 6) is 7.86. The lowest BCUT2D eigenvalue weighted by Gasteiger charge is -2.66. The lowest BCUT2D eigenvalue weighted by atomic mass is 9.20. The molecule has 4 bridgehead atoms. The lowest BCUT2D eigenvalue weighted by Crippen LogP contribution is -2.59. The minimum Gasteiger partial charge on any atom is -0.0960 e. The number of rotatable bonds is 4. The molecule has 0 unspecified atom stereocenters. The molecule has 0 aromatic rings. The smallest absolute Gasteiger partial charge is 0.0960 e. The van der Waals surface area contributed by atoms with Crippen LogP contribution in [0.25, 0.3) is 0 Å². The quantitative estimate of drug-likeness (QED) is 0.375. The van der Waals surface area contributed by atoms with Gasteiger partial charge in [0.05, 0.1) is 0 Å². The Balaban J connectivity index is 1.56. The Morgan fingerprint density at radius 1 is 0.800 bits per heavy atom. The number of hydrogen-bond acceptors (Lipinski definition) is 0. The Hall–Kier alpha value is -0.195. The third-order valence-corrected chi connectivity index (χ3v) is 10.6. The fraction of sp³-hybridized carbons (Fsp3) is 0.917. The molecule has 0 nitrogen and oxygen atoms in total. The highest BCUT2D eigenvalue weighted by Gasteiger charge is 2.61. The summed E-state index contributed by atoms with van der Waals surface area (Å²) in [4.78, 5) is 0. The van der Waals surface area contributed by atoms with Crippen LogP contribution in [0.15, 0.2) is 12.2 Å². The molecular formula is C24H41B. The van der Waals surface area contributed by atoms with Crippen molar-refractivity contribution in [2.75, 3.05) is 0 Å². The molecule has 140 valence electrons. The number of hydrogen-bond donors (Lipinski definition) is 0. The van der Waals surface area contributed by atoms with Gasteiger partial charge in [-0.1, -0.05) is 84.5 Å². The Kier molecular flexibility index (Phi) is 4.29. The first kappa shape index (κ1) is 18.2. The van der Waals surface area contributed by atoms with E-state index in [1.165, 1.54) is 32.0 Å². The van der Waals surface area contributed by atoms with E-state index < -0.39 is 0 Å². The molecule has 8 atom stereocenters. The zero-order valence-electron chi connectivity index (χ0n) is 17.9. The highest BCUT2D eigenvalue weighted by atomic mass is 14.6. The van der Waals surface area contributed by atoms with Crippen LogP contribution in [0.4, 0.5) is 0 Å². The molecule has 6 fully saturated rings. The maximum Gasteiger partial charge on any atom is 0.150 e. The van der Waals surface area contributed by atoms with E-state index in [4.69, 9.17) is 0 Å². The summed E-state index contributed by atoms with van der Waals surface area (Å²) < 4.78 is 0. The predicted octanol–water partition coefficient (Wildman–Crippen LogP) is 7.20. The second kappa shape index (κ2) is 5.90. The van der Waals surface area contributed by atoms with E-state index in [-0.39, 0.29) is 0 Å². The second-order valence-corrected chi connectivity index (χ2v) is 11.7. The lowest BCUT2D eigenvalue weighted by molar-refractivity contribution is -0.107. The van der Waals surface area contributed by atoms with E-state index in [2.05, 4.69) is 60.6 Å². The Labute approximate surface area is 157 Å². The van der Waals surface area contributed by atoms with Gasteiger partial charge in [0.2, 0.25) is 0 Å². The summed E-state index contributed by atoms with van der Waals surface area (Å²) in [7, 11) is 0. The van der Waals surface area contributed by atoms with Gasteiger partial charge in [-0.2, -0.15) is 0 Å². The molecule has 6 aliphatic rings. The third kappa shape index (κ3) is 2.46. The summed E-state index contributed by atoms with van der Waals surface area (Å²) >= 11 is 0. The first-order valence-corrected chi connectivity index (χ1v) is 11.3. The predicted molar refractivity (Wildman–Crippen MR) is 111 cm³/mol. The monoisotopic (exact) mass is 340 g/mol. The van der Waals surface area contributed by atoms with Crippen LogP contribution in [0, 0.1) is 46.3 Å². The van der Waals surface area contributed by atoms with Crippen molar-refractivity contribution >= 4 is 6.71 Å². The van der Waals surface area contributed by atoms with Gasteiger partial charge in [0, 0.05) is 0 Å². The molecule has 0 spiro atoms. The SMILES string of the molecule is C/C=C/CB([C@H]1C[C@H]2C[C@@H]([C@@H]1C)C2(C)C)[C@H]1C[C@H]2C[C@@H]([C@@H]1C)C2(C)C. The molecule has 0 saturated heterocycles. The molecular weight excluding hydrogens is 299 g/mol. The second-order valence-electron chi connectivity index (χ2n) is 11.7. The maximum absolute atomic E-state index is 2.62. The van der Waals surface area contributed by atoms with Crippen LogP contribution in [0.2, 0.25) is 18.0 Å². The topological polar surface area (TPSA) is 0 Å². The van der Waals surface area contributed by atoms with Crippen molar-refractivity contribution in [3.05, 3.63) is 12.2 Å². The molecule has 1 heteroatoms. The molecule has 0 aromatic carbocycles. The Bertz CT molecular complexity index is 502. The average Bonchev–Trinajstić information content (AvgIpc) is 2.56. The Morgan fingerprint density at radius 2 is 1.24 bits per heavy atom. The normalized spacial score (nSPS) is 49.4. The molecule has 6 aliphatic carbocycles. The fourth-order valence-corrected chi connectivity index (χ4v) is 8.47. The van der Waals surface area contributed by atoms with Crippen LogP contribution in [0.5, 0.6) is 0 Å². The minimum atomic E-state index is 0.628. The van der Waals surface area contributed by atoms with Gasteiger partial charge >= 0.3 is 0 Å². The van der Waals surface area contributed by atoms with Gasteiger partial charge in [-0.25, -0.2) is 0 Å². The zero-order chi connectivity index (χ0) is 18.1. The first-order chi connectivity index (χ1) is 11.7. The summed E-state index contributed by atoms with van der Waals surface area (Å²) in [5.41, 5.74) is 1.26. The molecule has 6 rings (SSSR count). The molecule has 6 saturated carbocycles. The number of allylic oxidation sites excluding steroid dienone is 2. The molecule has 0 aromatic heterocycles. The van der Waals surface area contributed by atoms with Crippen molar-refractivity contribution in [1.29, 1.82) is 0 Å². The molecule has 0 amide bonds. The van der Waals surface area contributed by atoms with E-state index in [1.807, 2.05) is 0 Å². The average molecular weight is 340 g/mol. The van der Waals surface area contributed by atoms with Gasteiger partial charge in [-0.05, 0) is 66.1 Å². The van der Waals surface area contributed by atoms with Crippen LogP contribution in [-0.4, -0.2) is 6.71 Å². The van der Waals surface area contributed by atoms with Crippen molar-refractivity contribution < 1.29 is 0 Å². The van der Waals surface area contributed by atoms with Crippen LogP contribution in [0.1, 0.15) is 74.1 Å². The summed E-state index contributed by atoms with van der Waals surface area (Å²) in [6.45, 7) is 18.6. The summed E-state index contributed by atoms with van der Waals surface area (Å²) in [6, 6.07) is 0. The Morgan fingerprint density at radius 3 is 1.56 bits per heavy atom. The van der Waals surface area contributed by atoms with Crippen molar-refractivity contribution in [3.63, 3.8) is 0 Å². The van der Waals surface area contributed by atoms with Crippen molar-refractivity contribution in [3.8, 4) is 0 Å². The molecule has 0 N–H and O–H groups in total. The van der Waals surface area contributed by atoms with E-state index in [0.717, 1.165) is 53.9 Å². The summed E-state index contributed by atoms with van der Waals surface area (Å²) in [6.07, 6.45) is 12.3. The zero-order valence-corrected chi connectivity index (χ0v) is 17.9. The fourth-order valence-electron chi connectivity index (χ4n) is 8.47. The third-order valence-electron chi connectivity index (χ3n) is 10.6. The molecule has 0 heterocycles. The van der Waals surface area contributed by atoms with Gasteiger partial charge < -0.3 is 0 Å². The van der Waals surface area contributed by atoms with Crippen molar-refractivity contribution in [2.45, 2.75) is 92.1 Å². The highest BCUT2D eigenvalue weighted by Crippen LogP contribution is 2.69.